The first kappa shape index (κ1) is 21.0. The maximum absolute atomic E-state index is 12.9. The third-order valence-electron chi connectivity index (χ3n) is 5.92. The summed E-state index contributed by atoms with van der Waals surface area (Å²) < 4.78 is 0. The van der Waals surface area contributed by atoms with Crippen molar-refractivity contribution in [2.75, 3.05) is 30.3 Å². The SMILES string of the molecule is Cc1cc(C)c(CC2CN(c3cccc(C(=O)c4cccnc4N)n3)CCN2)c(C)c1. The molecule has 1 atom stereocenters. The molecule has 0 spiro atoms. The molecule has 0 radical (unpaired) electrons. The fourth-order valence-corrected chi connectivity index (χ4v) is 4.42. The molecular weight excluding hydrogens is 386 g/mol. The van der Waals surface area contributed by atoms with Gasteiger partial charge in [-0.25, -0.2) is 9.97 Å². The third kappa shape index (κ3) is 4.59. The first-order chi connectivity index (χ1) is 14.9. The van der Waals surface area contributed by atoms with Crippen LogP contribution in [0.25, 0.3) is 0 Å². The molecule has 0 aliphatic carbocycles. The molecule has 6 heteroatoms. The van der Waals surface area contributed by atoms with Crippen molar-refractivity contribution in [3.63, 3.8) is 0 Å². The van der Waals surface area contributed by atoms with Crippen molar-refractivity contribution in [1.29, 1.82) is 0 Å². The number of rotatable bonds is 5. The Morgan fingerprint density at radius 2 is 1.94 bits per heavy atom. The number of aromatic nitrogens is 2. The zero-order chi connectivity index (χ0) is 22.0. The van der Waals surface area contributed by atoms with E-state index in [0.717, 1.165) is 31.9 Å². The van der Waals surface area contributed by atoms with Crippen LogP contribution in [0.4, 0.5) is 11.6 Å². The maximum Gasteiger partial charge on any atom is 0.215 e. The number of piperazine rings is 1. The van der Waals surface area contributed by atoms with Gasteiger partial charge in [-0.1, -0.05) is 23.8 Å². The highest BCUT2D eigenvalue weighted by molar-refractivity contribution is 6.10. The van der Waals surface area contributed by atoms with E-state index in [1.54, 1.807) is 24.4 Å². The van der Waals surface area contributed by atoms with E-state index in [1.807, 2.05) is 12.1 Å². The number of benzene rings is 1. The van der Waals surface area contributed by atoms with Crippen molar-refractivity contribution >= 4 is 17.4 Å². The molecule has 1 aromatic carbocycles. The second-order valence-electron chi connectivity index (χ2n) is 8.32. The first-order valence-corrected chi connectivity index (χ1v) is 10.7. The van der Waals surface area contributed by atoms with E-state index >= 15 is 0 Å². The van der Waals surface area contributed by atoms with Gasteiger partial charge in [0, 0.05) is 31.9 Å². The Balaban J connectivity index is 1.52. The number of hydrogen-bond acceptors (Lipinski definition) is 6. The molecular formula is C25H29N5O. The number of pyridine rings is 2. The fourth-order valence-electron chi connectivity index (χ4n) is 4.42. The topological polar surface area (TPSA) is 84.1 Å². The predicted molar refractivity (Wildman–Crippen MR) is 125 cm³/mol. The average Bonchev–Trinajstić information content (AvgIpc) is 2.76. The van der Waals surface area contributed by atoms with E-state index in [0.29, 0.717) is 17.3 Å². The van der Waals surface area contributed by atoms with Gasteiger partial charge in [-0.2, -0.15) is 0 Å². The lowest BCUT2D eigenvalue weighted by Crippen LogP contribution is -2.52. The molecule has 3 N–H and O–H groups in total. The van der Waals surface area contributed by atoms with Gasteiger partial charge in [0.25, 0.3) is 0 Å². The summed E-state index contributed by atoms with van der Waals surface area (Å²) in [6.07, 6.45) is 2.55. The fraction of sp³-hybridized carbons (Fsp3) is 0.320. The normalized spacial score (nSPS) is 16.4. The summed E-state index contributed by atoms with van der Waals surface area (Å²) in [7, 11) is 0. The Labute approximate surface area is 183 Å². The van der Waals surface area contributed by atoms with Crippen LogP contribution >= 0.6 is 0 Å². The van der Waals surface area contributed by atoms with E-state index in [1.165, 1.54) is 22.3 Å². The Morgan fingerprint density at radius 3 is 2.68 bits per heavy atom. The van der Waals surface area contributed by atoms with E-state index in [9.17, 15) is 4.79 Å². The number of anilines is 2. The Kier molecular flexibility index (Phi) is 6.00. The number of nitrogens with two attached hydrogens (primary N) is 1. The van der Waals surface area contributed by atoms with E-state index < -0.39 is 0 Å². The lowest BCUT2D eigenvalue weighted by atomic mass is 9.93. The Bertz CT molecular complexity index is 1090. The average molecular weight is 416 g/mol. The van der Waals surface area contributed by atoms with Crippen molar-refractivity contribution in [2.45, 2.75) is 33.2 Å². The summed E-state index contributed by atoms with van der Waals surface area (Å²) in [6.45, 7) is 9.09. The predicted octanol–water partition coefficient (Wildman–Crippen LogP) is 3.24. The molecule has 6 nitrogen and oxygen atoms in total. The first-order valence-electron chi connectivity index (χ1n) is 10.7. The molecule has 3 aromatic rings. The second kappa shape index (κ2) is 8.86. The van der Waals surface area contributed by atoms with Crippen LogP contribution in [0.15, 0.2) is 48.7 Å². The van der Waals surface area contributed by atoms with E-state index in [2.05, 4.69) is 53.1 Å². The van der Waals surface area contributed by atoms with Crippen LogP contribution in [0.1, 0.15) is 38.3 Å². The highest BCUT2D eigenvalue weighted by atomic mass is 16.1. The molecule has 160 valence electrons. The lowest BCUT2D eigenvalue weighted by molar-refractivity contribution is 0.103. The molecule has 1 aliphatic heterocycles. The number of nitrogens with zero attached hydrogens (tertiary/aromatic N) is 3. The third-order valence-corrected chi connectivity index (χ3v) is 5.92. The van der Waals surface area contributed by atoms with Crippen molar-refractivity contribution in [1.82, 2.24) is 15.3 Å². The molecule has 2 aromatic heterocycles. The molecule has 1 fully saturated rings. The number of carbonyl (C=O) groups is 1. The Hall–Kier alpha value is -3.25. The van der Waals surface area contributed by atoms with Gasteiger partial charge in [-0.3, -0.25) is 4.79 Å². The van der Waals surface area contributed by atoms with Crippen LogP contribution in [0.3, 0.4) is 0 Å². The molecule has 31 heavy (non-hydrogen) atoms. The number of aryl methyl sites for hydroxylation is 3. The summed E-state index contributed by atoms with van der Waals surface area (Å²) >= 11 is 0. The van der Waals surface area contributed by atoms with Crippen molar-refractivity contribution in [3.05, 3.63) is 82.2 Å². The van der Waals surface area contributed by atoms with E-state index in [4.69, 9.17) is 5.73 Å². The van der Waals surface area contributed by atoms with Crippen molar-refractivity contribution < 1.29 is 4.79 Å². The van der Waals surface area contributed by atoms with Crippen molar-refractivity contribution in [2.24, 2.45) is 0 Å². The van der Waals surface area contributed by atoms with Crippen LogP contribution in [0.2, 0.25) is 0 Å². The zero-order valence-corrected chi connectivity index (χ0v) is 18.4. The minimum atomic E-state index is -0.204. The van der Waals surface area contributed by atoms with Gasteiger partial charge >= 0.3 is 0 Å². The number of hydrogen-bond donors (Lipinski definition) is 2. The molecule has 0 saturated carbocycles. The molecule has 0 amide bonds. The lowest BCUT2D eigenvalue weighted by Gasteiger charge is -2.35. The summed E-state index contributed by atoms with van der Waals surface area (Å²) in [6, 6.07) is 13.8. The van der Waals surface area contributed by atoms with Gasteiger partial charge < -0.3 is 16.0 Å². The maximum atomic E-state index is 12.9. The molecule has 1 unspecified atom stereocenters. The number of ketones is 1. The monoisotopic (exact) mass is 415 g/mol. The highest BCUT2D eigenvalue weighted by Gasteiger charge is 2.23. The summed E-state index contributed by atoms with van der Waals surface area (Å²) in [4.78, 5) is 23.8. The molecule has 4 rings (SSSR count). The van der Waals surface area contributed by atoms with Crippen LogP contribution in [-0.4, -0.2) is 41.4 Å². The number of nitrogen functional groups attached to an aromatic ring is 1. The molecule has 1 saturated heterocycles. The molecule has 0 bridgehead atoms. The molecule has 3 heterocycles. The summed E-state index contributed by atoms with van der Waals surface area (Å²) in [5.74, 6) is 0.841. The van der Waals surface area contributed by atoms with Gasteiger partial charge in [0.1, 0.15) is 17.3 Å². The Morgan fingerprint density at radius 1 is 1.16 bits per heavy atom. The highest BCUT2D eigenvalue weighted by Crippen LogP contribution is 2.21. The van der Waals surface area contributed by atoms with Gasteiger partial charge in [0.15, 0.2) is 0 Å². The number of nitrogens with one attached hydrogen (secondary N) is 1. The quantitative estimate of drug-likeness (QED) is 0.623. The molecule has 1 aliphatic rings. The smallest absolute Gasteiger partial charge is 0.215 e. The summed E-state index contributed by atoms with van der Waals surface area (Å²) in [5, 5.41) is 3.65. The van der Waals surface area contributed by atoms with Crippen LogP contribution < -0.4 is 16.0 Å². The standard InChI is InChI=1S/C25H29N5O/c1-16-12-17(2)21(18(3)13-16)14-19-15-30(11-10-27-19)23-8-4-7-22(29-23)24(31)20-6-5-9-28-25(20)26/h4-9,12-13,19,27H,10-11,14-15H2,1-3H3,(H2,26,28). The van der Waals surface area contributed by atoms with Crippen molar-refractivity contribution in [3.8, 4) is 0 Å². The largest absolute Gasteiger partial charge is 0.383 e. The van der Waals surface area contributed by atoms with E-state index in [-0.39, 0.29) is 11.6 Å². The van der Waals surface area contributed by atoms with Gasteiger partial charge in [0.2, 0.25) is 5.78 Å². The summed E-state index contributed by atoms with van der Waals surface area (Å²) in [5.41, 5.74) is 12.1. The van der Waals surface area contributed by atoms with Gasteiger partial charge in [0.05, 0.1) is 5.56 Å². The van der Waals surface area contributed by atoms with Crippen LogP contribution in [0, 0.1) is 20.8 Å². The zero-order valence-electron chi connectivity index (χ0n) is 18.4. The van der Waals surface area contributed by atoms with Gasteiger partial charge in [-0.15, -0.1) is 0 Å². The number of carbonyl (C=O) groups excluding carboxylic acids is 1. The van der Waals surface area contributed by atoms with Crippen LogP contribution in [-0.2, 0) is 6.42 Å². The van der Waals surface area contributed by atoms with Gasteiger partial charge in [-0.05, 0) is 68.1 Å². The minimum Gasteiger partial charge on any atom is -0.383 e. The van der Waals surface area contributed by atoms with Crippen LogP contribution in [0.5, 0.6) is 0 Å². The minimum absolute atomic E-state index is 0.204. The second-order valence-corrected chi connectivity index (χ2v) is 8.32.